The van der Waals surface area contributed by atoms with Gasteiger partial charge in [0.05, 0.1) is 0 Å². The van der Waals surface area contributed by atoms with E-state index in [0.29, 0.717) is 5.92 Å². The number of nitrogen functional groups attached to an aromatic ring is 1. The highest BCUT2D eigenvalue weighted by Gasteiger charge is 2.23. The predicted molar refractivity (Wildman–Crippen MR) is 65.4 cm³/mol. The highest BCUT2D eigenvalue weighted by atomic mass is 16.3. The van der Waals surface area contributed by atoms with Crippen molar-refractivity contribution in [2.75, 3.05) is 5.43 Å². The van der Waals surface area contributed by atoms with E-state index in [1.807, 2.05) is 12.1 Å². The van der Waals surface area contributed by atoms with Gasteiger partial charge in [0.15, 0.2) is 0 Å². The van der Waals surface area contributed by atoms with Crippen LogP contribution >= 0.6 is 0 Å². The number of nitrogens with two attached hydrogens (primary N) is 1. The number of furan rings is 1. The van der Waals surface area contributed by atoms with Gasteiger partial charge in [-0.2, -0.15) is 0 Å². The van der Waals surface area contributed by atoms with Gasteiger partial charge in [0.2, 0.25) is 0 Å². The van der Waals surface area contributed by atoms with Gasteiger partial charge in [0.1, 0.15) is 11.3 Å². The Morgan fingerprint density at radius 1 is 1.44 bits per heavy atom. The van der Waals surface area contributed by atoms with Gasteiger partial charge in [-0.05, 0) is 37.5 Å². The number of nitrogens with one attached hydrogen (secondary N) is 1. The number of rotatable bonds is 1. The topological polar surface area (TPSA) is 51.2 Å². The van der Waals surface area contributed by atoms with E-state index >= 15 is 0 Å². The first-order valence-electron chi connectivity index (χ1n) is 5.81. The molecule has 2 aromatic rings. The Morgan fingerprint density at radius 2 is 2.31 bits per heavy atom. The summed E-state index contributed by atoms with van der Waals surface area (Å²) in [5, 5.41) is 1.22. The zero-order valence-electron chi connectivity index (χ0n) is 9.42. The molecule has 0 spiro atoms. The van der Waals surface area contributed by atoms with Gasteiger partial charge in [-0.3, -0.25) is 5.84 Å². The van der Waals surface area contributed by atoms with Gasteiger partial charge in [-0.15, -0.1) is 0 Å². The van der Waals surface area contributed by atoms with Crippen molar-refractivity contribution < 1.29 is 4.42 Å². The molecule has 0 fully saturated rings. The Bertz CT molecular complexity index is 530. The number of aryl methyl sites for hydroxylation is 1. The highest BCUT2D eigenvalue weighted by molar-refractivity contribution is 5.86. The van der Waals surface area contributed by atoms with Crippen LogP contribution in [0.2, 0.25) is 0 Å². The lowest BCUT2D eigenvalue weighted by atomic mass is 9.88. The van der Waals surface area contributed by atoms with E-state index in [1.165, 1.54) is 29.6 Å². The van der Waals surface area contributed by atoms with Crippen molar-refractivity contribution in [3.8, 4) is 0 Å². The van der Waals surface area contributed by atoms with Gasteiger partial charge in [0.25, 0.3) is 0 Å². The lowest BCUT2D eigenvalue weighted by molar-refractivity contribution is 0.453. The van der Waals surface area contributed by atoms with Gasteiger partial charge < -0.3 is 9.84 Å². The monoisotopic (exact) mass is 216 g/mol. The van der Waals surface area contributed by atoms with Crippen LogP contribution in [0, 0.1) is 0 Å². The first-order chi connectivity index (χ1) is 7.79. The second-order valence-corrected chi connectivity index (χ2v) is 4.59. The van der Waals surface area contributed by atoms with E-state index in [4.69, 9.17) is 10.3 Å². The molecule has 84 valence electrons. The first kappa shape index (κ1) is 9.73. The summed E-state index contributed by atoms with van der Waals surface area (Å²) in [7, 11) is 0. The summed E-state index contributed by atoms with van der Waals surface area (Å²) in [4.78, 5) is 0. The molecule has 0 bridgehead atoms. The number of anilines is 1. The first-order valence-corrected chi connectivity index (χ1v) is 5.81. The van der Waals surface area contributed by atoms with E-state index in [9.17, 15) is 0 Å². The van der Waals surface area contributed by atoms with Crippen LogP contribution in [0.25, 0.3) is 11.0 Å². The molecule has 1 heterocycles. The van der Waals surface area contributed by atoms with Crippen molar-refractivity contribution in [2.24, 2.45) is 5.84 Å². The Labute approximate surface area is 94.6 Å². The summed E-state index contributed by atoms with van der Waals surface area (Å²) in [5.74, 6) is 7.16. The normalized spacial score (nSPS) is 19.8. The molecule has 0 radical (unpaired) electrons. The SMILES string of the molecule is CC1CCCc2c1oc1ccc(NN)cc21. The average Bonchev–Trinajstić information content (AvgIpc) is 2.68. The molecule has 3 heteroatoms. The van der Waals surface area contributed by atoms with E-state index in [-0.39, 0.29) is 0 Å². The predicted octanol–water partition coefficient (Wildman–Crippen LogP) is 3.16. The molecule has 0 aliphatic heterocycles. The number of benzene rings is 1. The molecule has 1 aromatic carbocycles. The number of hydrazine groups is 1. The standard InChI is InChI=1S/C13H16N2O/c1-8-3-2-4-10-11-7-9(15-14)5-6-12(11)16-13(8)10/h5-8,15H,2-4,14H2,1H3. The van der Waals surface area contributed by atoms with Crippen molar-refractivity contribution in [2.45, 2.75) is 32.1 Å². The summed E-state index contributed by atoms with van der Waals surface area (Å²) < 4.78 is 5.93. The van der Waals surface area contributed by atoms with Crippen molar-refractivity contribution in [3.05, 3.63) is 29.5 Å². The lowest BCUT2D eigenvalue weighted by Crippen LogP contribution is -2.06. The molecule has 0 saturated heterocycles. The van der Waals surface area contributed by atoms with Crippen LogP contribution in [-0.4, -0.2) is 0 Å². The zero-order valence-corrected chi connectivity index (χ0v) is 9.42. The third-order valence-corrected chi connectivity index (χ3v) is 3.50. The largest absolute Gasteiger partial charge is 0.460 e. The van der Waals surface area contributed by atoms with Crippen LogP contribution in [0.1, 0.15) is 37.0 Å². The molecular formula is C13H16N2O. The Morgan fingerprint density at radius 3 is 3.12 bits per heavy atom. The molecule has 3 N–H and O–H groups in total. The fourth-order valence-electron chi connectivity index (χ4n) is 2.63. The summed E-state index contributed by atoms with van der Waals surface area (Å²) >= 11 is 0. The van der Waals surface area contributed by atoms with Crippen LogP contribution in [0.4, 0.5) is 5.69 Å². The maximum atomic E-state index is 5.93. The number of hydrogen-bond donors (Lipinski definition) is 2. The second kappa shape index (κ2) is 3.52. The molecule has 3 nitrogen and oxygen atoms in total. The van der Waals surface area contributed by atoms with Crippen LogP contribution in [0.3, 0.4) is 0 Å². The maximum Gasteiger partial charge on any atom is 0.134 e. The fourth-order valence-corrected chi connectivity index (χ4v) is 2.63. The van der Waals surface area contributed by atoms with Crippen molar-refractivity contribution in [1.29, 1.82) is 0 Å². The number of fused-ring (bicyclic) bond motifs is 3. The van der Waals surface area contributed by atoms with E-state index in [0.717, 1.165) is 17.7 Å². The van der Waals surface area contributed by atoms with E-state index < -0.39 is 0 Å². The molecule has 1 atom stereocenters. The Hall–Kier alpha value is -1.48. The molecule has 1 aromatic heterocycles. The molecular weight excluding hydrogens is 200 g/mol. The van der Waals surface area contributed by atoms with E-state index in [1.54, 1.807) is 0 Å². The smallest absolute Gasteiger partial charge is 0.134 e. The summed E-state index contributed by atoms with van der Waals surface area (Å²) in [5.41, 5.74) is 5.99. The van der Waals surface area contributed by atoms with Gasteiger partial charge in [-0.1, -0.05) is 6.92 Å². The maximum absolute atomic E-state index is 5.93. The molecule has 0 amide bonds. The van der Waals surface area contributed by atoms with Gasteiger partial charge in [-0.25, -0.2) is 0 Å². The van der Waals surface area contributed by atoms with Crippen LogP contribution in [-0.2, 0) is 6.42 Å². The molecule has 0 saturated carbocycles. The van der Waals surface area contributed by atoms with Crippen LogP contribution in [0.5, 0.6) is 0 Å². The van der Waals surface area contributed by atoms with Crippen LogP contribution < -0.4 is 11.3 Å². The lowest BCUT2D eigenvalue weighted by Gasteiger charge is -2.16. The van der Waals surface area contributed by atoms with Crippen LogP contribution in [0.15, 0.2) is 22.6 Å². The minimum Gasteiger partial charge on any atom is -0.460 e. The Kier molecular flexibility index (Phi) is 2.14. The third-order valence-electron chi connectivity index (χ3n) is 3.50. The molecule has 1 aliphatic carbocycles. The molecule has 1 aliphatic rings. The minimum absolute atomic E-state index is 0.547. The van der Waals surface area contributed by atoms with Gasteiger partial charge in [0, 0.05) is 22.6 Å². The zero-order chi connectivity index (χ0) is 11.1. The summed E-state index contributed by atoms with van der Waals surface area (Å²) in [6.07, 6.45) is 3.61. The van der Waals surface area contributed by atoms with Crippen molar-refractivity contribution in [3.63, 3.8) is 0 Å². The summed E-state index contributed by atoms with van der Waals surface area (Å²) in [6.45, 7) is 2.24. The highest BCUT2D eigenvalue weighted by Crippen LogP contribution is 2.38. The van der Waals surface area contributed by atoms with E-state index in [2.05, 4.69) is 18.4 Å². The second-order valence-electron chi connectivity index (χ2n) is 4.59. The molecule has 16 heavy (non-hydrogen) atoms. The number of hydrogen-bond acceptors (Lipinski definition) is 3. The minimum atomic E-state index is 0.547. The van der Waals surface area contributed by atoms with Crippen molar-refractivity contribution in [1.82, 2.24) is 0 Å². The Balaban J connectivity index is 2.25. The van der Waals surface area contributed by atoms with Gasteiger partial charge >= 0.3 is 0 Å². The molecule has 3 rings (SSSR count). The quantitative estimate of drug-likeness (QED) is 0.568. The van der Waals surface area contributed by atoms with Crippen molar-refractivity contribution >= 4 is 16.7 Å². The average molecular weight is 216 g/mol. The molecule has 1 unspecified atom stereocenters. The fraction of sp³-hybridized carbons (Fsp3) is 0.385. The summed E-state index contributed by atoms with van der Waals surface area (Å²) in [6, 6.07) is 6.02. The third kappa shape index (κ3) is 1.32.